The summed E-state index contributed by atoms with van der Waals surface area (Å²) in [5, 5.41) is 12.6. The number of carbonyl (C=O) groups is 1. The second-order valence-electron chi connectivity index (χ2n) is 4.35. The Kier molecular flexibility index (Phi) is 3.20. The van der Waals surface area contributed by atoms with E-state index in [1.54, 1.807) is 6.07 Å². The van der Waals surface area contributed by atoms with E-state index in [0.717, 1.165) is 34.0 Å². The second-order valence-corrected chi connectivity index (χ2v) is 5.43. The van der Waals surface area contributed by atoms with Crippen molar-refractivity contribution in [3.8, 4) is 5.75 Å². The minimum atomic E-state index is -0.497. The molecule has 1 aromatic rings. The average molecular weight is 346 g/mol. The van der Waals surface area contributed by atoms with E-state index in [-0.39, 0.29) is 5.54 Å². The van der Waals surface area contributed by atoms with Gasteiger partial charge in [-0.1, -0.05) is 13.0 Å². The van der Waals surface area contributed by atoms with Crippen LogP contribution in [0.5, 0.6) is 5.75 Å². The van der Waals surface area contributed by atoms with E-state index in [2.05, 4.69) is 27.9 Å². The minimum absolute atomic E-state index is 0.301. The third-order valence-corrected chi connectivity index (χ3v) is 4.71. The molecule has 0 saturated carbocycles. The Morgan fingerprint density at radius 2 is 2.35 bits per heavy atom. The molecule has 1 aliphatic rings. The summed E-state index contributed by atoms with van der Waals surface area (Å²) >= 11 is 2.14. The van der Waals surface area contributed by atoms with Gasteiger partial charge in [-0.25, -0.2) is 4.79 Å². The Balaban J connectivity index is 2.51. The van der Waals surface area contributed by atoms with Gasteiger partial charge in [0.2, 0.25) is 0 Å². The summed E-state index contributed by atoms with van der Waals surface area (Å²) in [7, 11) is 0. The Bertz CT molecular complexity index is 476. The number of nitrogens with two attached hydrogens (primary N) is 1. The maximum absolute atomic E-state index is 11.1. The number of phenols is 1. The molecule has 2 amide bonds. The average Bonchev–Trinajstić information content (AvgIpc) is 2.63. The van der Waals surface area contributed by atoms with Gasteiger partial charge in [0.05, 0.1) is 9.11 Å². The van der Waals surface area contributed by atoms with Crippen molar-refractivity contribution >= 4 is 28.6 Å². The largest absolute Gasteiger partial charge is 0.507 e. The number of nitrogens with one attached hydrogen (secondary N) is 1. The van der Waals surface area contributed by atoms with Gasteiger partial charge in [-0.3, -0.25) is 0 Å². The zero-order valence-corrected chi connectivity index (χ0v) is 11.7. The van der Waals surface area contributed by atoms with Crippen LogP contribution in [0, 0.1) is 3.57 Å². The van der Waals surface area contributed by atoms with Crippen molar-refractivity contribution < 1.29 is 9.90 Å². The van der Waals surface area contributed by atoms with Crippen LogP contribution in [0.25, 0.3) is 0 Å². The first-order chi connectivity index (χ1) is 8.00. The molecule has 17 heavy (non-hydrogen) atoms. The lowest BCUT2D eigenvalue weighted by molar-refractivity contribution is 0.230. The number of rotatable bonds is 2. The van der Waals surface area contributed by atoms with Gasteiger partial charge >= 0.3 is 6.03 Å². The number of urea groups is 1. The quantitative estimate of drug-likeness (QED) is 0.719. The van der Waals surface area contributed by atoms with Crippen molar-refractivity contribution in [1.29, 1.82) is 0 Å². The topological polar surface area (TPSA) is 75.3 Å². The SMILES string of the molecule is CCC1(NC(N)=O)CCc2c1ccc(O)c2I. The van der Waals surface area contributed by atoms with Crippen molar-refractivity contribution in [3.63, 3.8) is 0 Å². The van der Waals surface area contributed by atoms with Gasteiger partial charge in [0.15, 0.2) is 0 Å². The van der Waals surface area contributed by atoms with Crippen molar-refractivity contribution in [3.05, 3.63) is 26.8 Å². The number of aromatic hydroxyl groups is 1. The van der Waals surface area contributed by atoms with Crippen LogP contribution in [-0.4, -0.2) is 11.1 Å². The fourth-order valence-corrected chi connectivity index (χ4v) is 3.34. The van der Waals surface area contributed by atoms with E-state index in [1.165, 1.54) is 0 Å². The van der Waals surface area contributed by atoms with E-state index >= 15 is 0 Å². The highest BCUT2D eigenvalue weighted by atomic mass is 127. The van der Waals surface area contributed by atoms with Gasteiger partial charge in [-0.15, -0.1) is 0 Å². The Hall–Kier alpha value is -0.980. The molecule has 0 fully saturated rings. The first kappa shape index (κ1) is 12.5. The molecule has 0 spiro atoms. The van der Waals surface area contributed by atoms with Gasteiger partial charge < -0.3 is 16.2 Å². The summed E-state index contributed by atoms with van der Waals surface area (Å²) in [5.41, 5.74) is 7.10. The lowest BCUT2D eigenvalue weighted by atomic mass is 9.89. The molecular formula is C12H15IN2O2. The predicted molar refractivity (Wildman–Crippen MR) is 73.8 cm³/mol. The van der Waals surface area contributed by atoms with E-state index < -0.39 is 6.03 Å². The fourth-order valence-electron chi connectivity index (χ4n) is 2.60. The van der Waals surface area contributed by atoms with Gasteiger partial charge in [-0.2, -0.15) is 0 Å². The van der Waals surface area contributed by atoms with E-state index in [1.807, 2.05) is 13.0 Å². The fraction of sp³-hybridized carbons (Fsp3) is 0.417. The summed E-state index contributed by atoms with van der Waals surface area (Å²) in [6.07, 6.45) is 2.49. The number of benzene rings is 1. The summed E-state index contributed by atoms with van der Waals surface area (Å²) in [5.74, 6) is 0.301. The number of hydrogen-bond acceptors (Lipinski definition) is 2. The molecule has 0 bridgehead atoms. The maximum Gasteiger partial charge on any atom is 0.312 e. The zero-order chi connectivity index (χ0) is 12.6. The van der Waals surface area contributed by atoms with Crippen molar-refractivity contribution in [2.45, 2.75) is 31.7 Å². The van der Waals surface area contributed by atoms with Gasteiger partial charge in [-0.05, 0) is 59.0 Å². The van der Waals surface area contributed by atoms with Crippen LogP contribution >= 0.6 is 22.6 Å². The summed E-state index contributed by atoms with van der Waals surface area (Å²) in [6.45, 7) is 2.03. The van der Waals surface area contributed by atoms with E-state index in [4.69, 9.17) is 5.73 Å². The minimum Gasteiger partial charge on any atom is -0.507 e. The smallest absolute Gasteiger partial charge is 0.312 e. The summed E-state index contributed by atoms with van der Waals surface area (Å²) in [4.78, 5) is 11.1. The van der Waals surface area contributed by atoms with Crippen LogP contribution in [0.4, 0.5) is 4.79 Å². The second kappa shape index (κ2) is 4.36. The molecule has 0 saturated heterocycles. The Morgan fingerprint density at radius 3 is 2.94 bits per heavy atom. The van der Waals surface area contributed by atoms with Gasteiger partial charge in [0, 0.05) is 0 Å². The number of primary amides is 1. The maximum atomic E-state index is 11.1. The molecule has 4 N–H and O–H groups in total. The van der Waals surface area contributed by atoms with Crippen molar-refractivity contribution in [2.24, 2.45) is 5.73 Å². The molecule has 92 valence electrons. The van der Waals surface area contributed by atoms with Crippen LogP contribution in [0.3, 0.4) is 0 Å². The molecule has 2 rings (SSSR count). The molecular weight excluding hydrogens is 331 g/mol. The van der Waals surface area contributed by atoms with Crippen molar-refractivity contribution in [1.82, 2.24) is 5.32 Å². The first-order valence-corrected chi connectivity index (χ1v) is 6.66. The van der Waals surface area contributed by atoms with Crippen LogP contribution in [-0.2, 0) is 12.0 Å². The number of phenolic OH excluding ortho intramolecular Hbond substituents is 1. The predicted octanol–water partition coefficient (Wildman–Crippen LogP) is 2.22. The van der Waals surface area contributed by atoms with Crippen LogP contribution in [0.15, 0.2) is 12.1 Å². The normalized spacial score (nSPS) is 22.2. The molecule has 1 unspecified atom stereocenters. The highest BCUT2D eigenvalue weighted by Crippen LogP contribution is 2.43. The van der Waals surface area contributed by atoms with Crippen LogP contribution < -0.4 is 11.1 Å². The highest BCUT2D eigenvalue weighted by Gasteiger charge is 2.39. The molecule has 5 heteroatoms. The van der Waals surface area contributed by atoms with Crippen LogP contribution in [0.2, 0.25) is 0 Å². The van der Waals surface area contributed by atoms with Crippen molar-refractivity contribution in [2.75, 3.05) is 0 Å². The molecule has 4 nitrogen and oxygen atoms in total. The highest BCUT2D eigenvalue weighted by molar-refractivity contribution is 14.1. The number of halogens is 1. The van der Waals surface area contributed by atoms with Crippen LogP contribution in [0.1, 0.15) is 30.9 Å². The van der Waals surface area contributed by atoms with E-state index in [9.17, 15) is 9.90 Å². The number of amides is 2. The molecule has 1 aliphatic carbocycles. The lowest BCUT2D eigenvalue weighted by Crippen LogP contribution is -2.46. The Morgan fingerprint density at radius 1 is 1.65 bits per heavy atom. The number of fused-ring (bicyclic) bond motifs is 1. The molecule has 0 heterocycles. The third kappa shape index (κ3) is 1.96. The molecule has 1 aromatic carbocycles. The summed E-state index contributed by atoms with van der Waals surface area (Å²) < 4.78 is 0.877. The van der Waals surface area contributed by atoms with Gasteiger partial charge in [0.1, 0.15) is 5.75 Å². The molecule has 0 aromatic heterocycles. The zero-order valence-electron chi connectivity index (χ0n) is 9.59. The number of carbonyl (C=O) groups excluding carboxylic acids is 1. The summed E-state index contributed by atoms with van der Waals surface area (Å²) in [6, 6.07) is 3.07. The van der Waals surface area contributed by atoms with E-state index in [0.29, 0.717) is 5.75 Å². The van der Waals surface area contributed by atoms with Gasteiger partial charge in [0.25, 0.3) is 0 Å². The standard InChI is InChI=1S/C12H15IN2O2/c1-2-12(15-11(14)17)6-5-7-8(12)3-4-9(16)10(7)13/h3-4,16H,2,5-6H2,1H3,(H3,14,15,17). The Labute approximate surface area is 114 Å². The molecule has 0 radical (unpaired) electrons. The monoisotopic (exact) mass is 346 g/mol. The number of hydrogen-bond donors (Lipinski definition) is 3. The first-order valence-electron chi connectivity index (χ1n) is 5.58. The third-order valence-electron chi connectivity index (χ3n) is 3.51. The molecule has 0 aliphatic heterocycles. The molecule has 1 atom stereocenters. The lowest BCUT2D eigenvalue weighted by Gasteiger charge is -2.29.